The van der Waals surface area contributed by atoms with E-state index in [0.717, 1.165) is 29.9 Å². The first kappa shape index (κ1) is 23.4. The van der Waals surface area contributed by atoms with E-state index in [1.54, 1.807) is 29.2 Å². The van der Waals surface area contributed by atoms with Crippen molar-refractivity contribution < 1.29 is 27.8 Å². The number of anilines is 3. The number of ether oxygens (including phenoxy) is 1. The highest BCUT2D eigenvalue weighted by Crippen LogP contribution is 2.48. The Bertz CT molecular complexity index is 1250. The Morgan fingerprint density at radius 3 is 2.57 bits per heavy atom. The van der Waals surface area contributed by atoms with E-state index in [4.69, 9.17) is 22.2 Å². The molecule has 35 heavy (non-hydrogen) atoms. The topological polar surface area (TPSA) is 88.8 Å². The van der Waals surface area contributed by atoms with E-state index < -0.39 is 22.8 Å². The van der Waals surface area contributed by atoms with Gasteiger partial charge >= 0.3 is 6.18 Å². The van der Waals surface area contributed by atoms with Crippen molar-refractivity contribution in [1.29, 1.82) is 5.26 Å². The molecule has 1 saturated carbocycles. The Kier molecular flexibility index (Phi) is 5.61. The van der Waals surface area contributed by atoms with Crippen molar-refractivity contribution in [2.24, 2.45) is 0 Å². The molecule has 2 aromatic carbocycles. The van der Waals surface area contributed by atoms with Gasteiger partial charge in [0.15, 0.2) is 5.11 Å². The van der Waals surface area contributed by atoms with E-state index >= 15 is 0 Å². The molecule has 2 heterocycles. The smallest absolute Gasteiger partial charge is 0.417 e. The summed E-state index contributed by atoms with van der Waals surface area (Å²) in [5.41, 5.74) is -1.36. The van der Waals surface area contributed by atoms with Crippen LogP contribution in [0, 0.1) is 11.3 Å². The van der Waals surface area contributed by atoms with Crippen LogP contribution >= 0.6 is 12.2 Å². The number of amides is 1. The van der Waals surface area contributed by atoms with Crippen molar-refractivity contribution in [2.75, 3.05) is 28.3 Å². The zero-order valence-corrected chi connectivity index (χ0v) is 19.2. The van der Waals surface area contributed by atoms with E-state index in [-0.39, 0.29) is 29.4 Å². The van der Waals surface area contributed by atoms with Crippen LogP contribution < -0.4 is 19.9 Å². The summed E-state index contributed by atoms with van der Waals surface area (Å²) in [6.07, 6.45) is -2.54. The number of aliphatic hydroxyl groups is 1. The minimum absolute atomic E-state index is 0.0229. The van der Waals surface area contributed by atoms with Crippen molar-refractivity contribution >= 4 is 40.3 Å². The van der Waals surface area contributed by atoms with Gasteiger partial charge in [0.1, 0.15) is 17.4 Å². The fourth-order valence-corrected chi connectivity index (χ4v) is 5.57. The summed E-state index contributed by atoms with van der Waals surface area (Å²) >= 11 is 5.70. The number of halogens is 3. The Morgan fingerprint density at radius 2 is 1.91 bits per heavy atom. The standard InChI is InChI=1S/C24H21F3N4O3S/c25-24(26,27)18-9-15(4-3-14(18)11-28)30-21(33)23(7-1-2-8-23)31(22(30)35)16-5-6-20-19(10-16)29-12-17(13-32)34-20/h3-6,9-10,17,29,32H,1-2,7-8,12-13H2/t17-/m0/s1. The predicted molar refractivity (Wildman–Crippen MR) is 126 cm³/mol. The van der Waals surface area contributed by atoms with Crippen LogP contribution in [0.3, 0.4) is 0 Å². The van der Waals surface area contributed by atoms with Crippen LogP contribution in [0.15, 0.2) is 36.4 Å². The van der Waals surface area contributed by atoms with E-state index in [0.29, 0.717) is 36.5 Å². The predicted octanol–water partition coefficient (Wildman–Crippen LogP) is 4.19. The summed E-state index contributed by atoms with van der Waals surface area (Å²) in [6.45, 7) is 0.264. The number of nitrogens with one attached hydrogen (secondary N) is 1. The fourth-order valence-electron chi connectivity index (χ4n) is 5.10. The maximum absolute atomic E-state index is 13.8. The van der Waals surface area contributed by atoms with Crippen molar-refractivity contribution in [3.05, 3.63) is 47.5 Å². The molecule has 0 radical (unpaired) electrons. The van der Waals surface area contributed by atoms with Crippen LogP contribution in [-0.2, 0) is 11.0 Å². The number of alkyl halides is 3. The first-order valence-electron chi connectivity index (χ1n) is 11.1. The number of nitrogens with zero attached hydrogens (tertiary/aromatic N) is 3. The second-order valence-electron chi connectivity index (χ2n) is 8.82. The number of rotatable bonds is 3. The lowest BCUT2D eigenvalue weighted by atomic mass is 9.94. The summed E-state index contributed by atoms with van der Waals surface area (Å²) in [5, 5.41) is 21.8. The SMILES string of the molecule is N#Cc1ccc(N2C(=O)C3(CCCC3)N(c3ccc4c(c3)NC[C@@H](CO)O4)C2=S)cc1C(F)(F)F. The molecule has 2 fully saturated rings. The quantitative estimate of drug-likeness (QED) is 0.609. The largest absolute Gasteiger partial charge is 0.484 e. The number of thiocarbonyl (C=S) groups is 1. The minimum atomic E-state index is -4.76. The number of hydrogen-bond donors (Lipinski definition) is 2. The Morgan fingerprint density at radius 1 is 1.20 bits per heavy atom. The minimum Gasteiger partial charge on any atom is -0.484 e. The highest BCUT2D eigenvalue weighted by Gasteiger charge is 2.57. The molecule has 0 bridgehead atoms. The molecule has 0 unspecified atom stereocenters. The maximum Gasteiger partial charge on any atom is 0.417 e. The molecule has 11 heteroatoms. The average Bonchev–Trinajstić information content (AvgIpc) is 3.41. The molecular weight excluding hydrogens is 481 g/mol. The fraction of sp³-hybridized carbons (Fsp3) is 0.375. The molecule has 2 aromatic rings. The molecule has 1 saturated heterocycles. The first-order valence-corrected chi connectivity index (χ1v) is 11.6. The third-order valence-electron chi connectivity index (χ3n) is 6.77. The van der Waals surface area contributed by atoms with Gasteiger partial charge in [0.05, 0.1) is 41.7 Å². The van der Waals surface area contributed by atoms with Gasteiger partial charge in [-0.3, -0.25) is 9.69 Å². The molecule has 1 spiro atoms. The van der Waals surface area contributed by atoms with Gasteiger partial charge in [-0.2, -0.15) is 18.4 Å². The second kappa shape index (κ2) is 8.39. The normalized spacial score (nSPS) is 21.1. The van der Waals surface area contributed by atoms with Crippen LogP contribution in [0.25, 0.3) is 0 Å². The summed E-state index contributed by atoms with van der Waals surface area (Å²) in [6, 6.07) is 10.0. The van der Waals surface area contributed by atoms with Gasteiger partial charge in [0.2, 0.25) is 0 Å². The zero-order valence-electron chi connectivity index (χ0n) is 18.4. The van der Waals surface area contributed by atoms with Crippen molar-refractivity contribution in [1.82, 2.24) is 0 Å². The molecule has 7 nitrogen and oxygen atoms in total. The van der Waals surface area contributed by atoms with E-state index in [9.17, 15) is 23.1 Å². The van der Waals surface area contributed by atoms with Crippen LogP contribution in [-0.4, -0.2) is 40.9 Å². The molecule has 1 atom stereocenters. The summed E-state index contributed by atoms with van der Waals surface area (Å²) < 4.78 is 46.6. The Hall–Kier alpha value is -3.36. The third kappa shape index (κ3) is 3.68. The lowest BCUT2D eigenvalue weighted by Crippen LogP contribution is -2.47. The van der Waals surface area contributed by atoms with Gasteiger partial charge in [-0.15, -0.1) is 0 Å². The lowest BCUT2D eigenvalue weighted by Gasteiger charge is -2.34. The summed E-state index contributed by atoms with van der Waals surface area (Å²) in [4.78, 5) is 16.7. The number of benzene rings is 2. The van der Waals surface area contributed by atoms with Crippen molar-refractivity contribution in [2.45, 2.75) is 43.5 Å². The summed E-state index contributed by atoms with van der Waals surface area (Å²) in [7, 11) is 0. The van der Waals surface area contributed by atoms with Gasteiger partial charge in [0.25, 0.3) is 5.91 Å². The highest BCUT2D eigenvalue weighted by molar-refractivity contribution is 7.81. The van der Waals surface area contributed by atoms with Crippen LogP contribution in [0.5, 0.6) is 5.75 Å². The van der Waals surface area contributed by atoms with Crippen LogP contribution in [0.1, 0.15) is 36.8 Å². The monoisotopic (exact) mass is 502 g/mol. The van der Waals surface area contributed by atoms with Crippen LogP contribution in [0.2, 0.25) is 0 Å². The van der Waals surface area contributed by atoms with Gasteiger partial charge in [-0.1, -0.05) is 12.8 Å². The molecule has 0 aromatic heterocycles. The van der Waals surface area contributed by atoms with Gasteiger partial charge in [-0.05, 0) is 61.5 Å². The van der Waals surface area contributed by atoms with Crippen LogP contribution in [0.4, 0.5) is 30.2 Å². The number of hydrogen-bond acceptors (Lipinski definition) is 6. The lowest BCUT2D eigenvalue weighted by molar-refractivity contribution is -0.137. The van der Waals surface area contributed by atoms with Gasteiger partial charge < -0.3 is 20.1 Å². The number of carbonyl (C=O) groups is 1. The van der Waals surface area contributed by atoms with Gasteiger partial charge in [-0.25, -0.2) is 0 Å². The van der Waals surface area contributed by atoms with Crippen molar-refractivity contribution in [3.63, 3.8) is 0 Å². The number of fused-ring (bicyclic) bond motifs is 1. The highest BCUT2D eigenvalue weighted by atomic mass is 32.1. The molecule has 2 aliphatic heterocycles. The number of carbonyl (C=O) groups excluding carboxylic acids is 1. The van der Waals surface area contributed by atoms with Gasteiger partial charge in [0, 0.05) is 5.69 Å². The molecule has 1 amide bonds. The maximum atomic E-state index is 13.8. The molecular formula is C24H21F3N4O3S. The second-order valence-corrected chi connectivity index (χ2v) is 9.19. The molecule has 1 aliphatic carbocycles. The zero-order chi connectivity index (χ0) is 25.0. The molecule has 5 rings (SSSR count). The van der Waals surface area contributed by atoms with Crippen molar-refractivity contribution in [3.8, 4) is 11.8 Å². The van der Waals surface area contributed by atoms with E-state index in [1.165, 1.54) is 6.07 Å². The summed E-state index contributed by atoms with van der Waals surface area (Å²) in [5.74, 6) is 0.176. The molecule has 182 valence electrons. The van der Waals surface area contributed by atoms with E-state index in [1.807, 2.05) is 0 Å². The Balaban J connectivity index is 1.58. The molecule has 2 N–H and O–H groups in total. The number of nitriles is 1. The first-order chi connectivity index (χ1) is 16.7. The molecule has 3 aliphatic rings. The van der Waals surface area contributed by atoms with E-state index in [2.05, 4.69) is 5.32 Å². The number of aliphatic hydroxyl groups excluding tert-OH is 1. The third-order valence-corrected chi connectivity index (χ3v) is 7.13. The Labute approximate surface area is 204 Å². The average molecular weight is 503 g/mol.